The first-order valence-corrected chi connectivity index (χ1v) is 6.93. The predicted octanol–water partition coefficient (Wildman–Crippen LogP) is 2.44. The molecule has 5 heteroatoms. The summed E-state index contributed by atoms with van der Waals surface area (Å²) in [5.74, 6) is 0. The molecule has 18 heavy (non-hydrogen) atoms. The molecule has 1 unspecified atom stereocenters. The van der Waals surface area contributed by atoms with Gasteiger partial charge in [0, 0.05) is 35.3 Å². The molecule has 0 saturated heterocycles. The minimum absolute atomic E-state index is 0.237. The van der Waals surface area contributed by atoms with Crippen LogP contribution in [-0.2, 0) is 6.42 Å². The lowest BCUT2D eigenvalue weighted by Gasteiger charge is -2.16. The summed E-state index contributed by atoms with van der Waals surface area (Å²) in [5.41, 5.74) is 2.25. The first kappa shape index (κ1) is 13.1. The molecule has 0 aromatic carbocycles. The van der Waals surface area contributed by atoms with Crippen LogP contribution in [0.3, 0.4) is 0 Å². The van der Waals surface area contributed by atoms with Crippen LogP contribution >= 0.6 is 11.3 Å². The van der Waals surface area contributed by atoms with E-state index in [1.807, 2.05) is 12.4 Å². The van der Waals surface area contributed by atoms with E-state index in [1.165, 1.54) is 9.88 Å². The van der Waals surface area contributed by atoms with Crippen LogP contribution in [-0.4, -0.2) is 21.5 Å². The number of aryl methyl sites for hydroxylation is 2. The van der Waals surface area contributed by atoms with Crippen molar-refractivity contribution >= 4 is 11.3 Å². The van der Waals surface area contributed by atoms with Crippen LogP contribution in [0.25, 0.3) is 0 Å². The zero-order valence-electron chi connectivity index (χ0n) is 11.0. The highest BCUT2D eigenvalue weighted by atomic mass is 32.1. The third-order valence-corrected chi connectivity index (χ3v) is 3.98. The van der Waals surface area contributed by atoms with Crippen molar-refractivity contribution in [3.8, 4) is 0 Å². The second-order valence-electron chi connectivity index (χ2n) is 4.24. The van der Waals surface area contributed by atoms with E-state index in [1.54, 1.807) is 17.7 Å². The fourth-order valence-electron chi connectivity index (χ4n) is 1.85. The maximum Gasteiger partial charge on any atom is 0.115 e. The van der Waals surface area contributed by atoms with E-state index >= 15 is 0 Å². The SMILES string of the molecule is CCNC(Cc1nc(C)c(C)s1)c1cncnc1. The molecule has 2 aromatic heterocycles. The van der Waals surface area contributed by atoms with E-state index in [0.717, 1.165) is 24.2 Å². The van der Waals surface area contributed by atoms with Gasteiger partial charge >= 0.3 is 0 Å². The van der Waals surface area contributed by atoms with Gasteiger partial charge in [-0.1, -0.05) is 6.92 Å². The van der Waals surface area contributed by atoms with E-state index in [0.29, 0.717) is 0 Å². The van der Waals surface area contributed by atoms with Gasteiger partial charge in [0.05, 0.1) is 10.7 Å². The van der Waals surface area contributed by atoms with Crippen molar-refractivity contribution < 1.29 is 0 Å². The van der Waals surface area contributed by atoms with Gasteiger partial charge < -0.3 is 5.32 Å². The summed E-state index contributed by atoms with van der Waals surface area (Å²) in [5, 5.41) is 4.63. The van der Waals surface area contributed by atoms with E-state index in [-0.39, 0.29) is 6.04 Å². The Hall–Kier alpha value is -1.33. The summed E-state index contributed by atoms with van der Waals surface area (Å²) in [6, 6.07) is 0.237. The molecule has 2 aromatic rings. The number of nitrogens with one attached hydrogen (secondary N) is 1. The smallest absolute Gasteiger partial charge is 0.115 e. The number of rotatable bonds is 5. The van der Waals surface area contributed by atoms with Crippen molar-refractivity contribution in [3.63, 3.8) is 0 Å². The standard InChI is InChI=1S/C13H18N4S/c1-4-16-12(11-6-14-8-15-7-11)5-13-17-9(2)10(3)18-13/h6-8,12,16H,4-5H2,1-3H3. The lowest BCUT2D eigenvalue weighted by Crippen LogP contribution is -2.23. The van der Waals surface area contributed by atoms with Crippen LogP contribution < -0.4 is 5.32 Å². The van der Waals surface area contributed by atoms with E-state index < -0.39 is 0 Å². The summed E-state index contributed by atoms with van der Waals surface area (Å²) in [6.45, 7) is 7.20. The predicted molar refractivity (Wildman–Crippen MR) is 73.7 cm³/mol. The van der Waals surface area contributed by atoms with Crippen molar-refractivity contribution in [2.75, 3.05) is 6.54 Å². The van der Waals surface area contributed by atoms with Crippen LogP contribution in [0.1, 0.15) is 34.1 Å². The number of nitrogens with zero attached hydrogens (tertiary/aromatic N) is 3. The number of thiazole rings is 1. The van der Waals surface area contributed by atoms with Gasteiger partial charge in [-0.05, 0) is 20.4 Å². The minimum Gasteiger partial charge on any atom is -0.310 e. The normalized spacial score (nSPS) is 12.6. The van der Waals surface area contributed by atoms with Gasteiger partial charge in [0.25, 0.3) is 0 Å². The Morgan fingerprint density at radius 2 is 2.00 bits per heavy atom. The second-order valence-corrected chi connectivity index (χ2v) is 5.52. The molecule has 1 N–H and O–H groups in total. The molecule has 0 amide bonds. The van der Waals surface area contributed by atoms with Crippen molar-refractivity contribution in [1.29, 1.82) is 0 Å². The second kappa shape index (κ2) is 6.02. The highest BCUT2D eigenvalue weighted by molar-refractivity contribution is 7.11. The fourth-order valence-corrected chi connectivity index (χ4v) is 2.83. The Labute approximate surface area is 112 Å². The van der Waals surface area contributed by atoms with Gasteiger partial charge in [0.15, 0.2) is 0 Å². The number of likely N-dealkylation sites (N-methyl/N-ethyl adjacent to an activating group) is 1. The van der Waals surface area contributed by atoms with Gasteiger partial charge in [0.2, 0.25) is 0 Å². The molecule has 0 bridgehead atoms. The van der Waals surface area contributed by atoms with Crippen molar-refractivity contribution in [1.82, 2.24) is 20.3 Å². The molecule has 4 nitrogen and oxygen atoms in total. The molecule has 0 aliphatic heterocycles. The Morgan fingerprint density at radius 3 is 2.56 bits per heavy atom. The highest BCUT2D eigenvalue weighted by Crippen LogP contribution is 2.22. The lowest BCUT2D eigenvalue weighted by atomic mass is 10.1. The van der Waals surface area contributed by atoms with Crippen molar-refractivity contribution in [2.45, 2.75) is 33.2 Å². The largest absolute Gasteiger partial charge is 0.310 e. The molecular formula is C13H18N4S. The molecule has 96 valence electrons. The Balaban J connectivity index is 2.16. The quantitative estimate of drug-likeness (QED) is 0.899. The zero-order chi connectivity index (χ0) is 13.0. The summed E-state index contributed by atoms with van der Waals surface area (Å²) < 4.78 is 0. The molecule has 0 fully saturated rings. The maximum absolute atomic E-state index is 4.60. The first-order chi connectivity index (χ1) is 8.70. The van der Waals surface area contributed by atoms with Crippen LogP contribution in [0.15, 0.2) is 18.7 Å². The van der Waals surface area contributed by atoms with E-state index in [2.05, 4.69) is 41.0 Å². The van der Waals surface area contributed by atoms with Gasteiger partial charge in [-0.3, -0.25) is 0 Å². The molecule has 0 aliphatic carbocycles. The van der Waals surface area contributed by atoms with Gasteiger partial charge in [-0.15, -0.1) is 11.3 Å². The minimum atomic E-state index is 0.237. The van der Waals surface area contributed by atoms with Crippen LogP contribution in [0.5, 0.6) is 0 Å². The molecule has 0 radical (unpaired) electrons. The molecule has 0 spiro atoms. The zero-order valence-corrected chi connectivity index (χ0v) is 11.8. The molecule has 2 heterocycles. The van der Waals surface area contributed by atoms with Gasteiger partial charge in [-0.25, -0.2) is 15.0 Å². The van der Waals surface area contributed by atoms with Crippen LogP contribution in [0, 0.1) is 13.8 Å². The van der Waals surface area contributed by atoms with Crippen LogP contribution in [0.2, 0.25) is 0 Å². The molecule has 0 aliphatic rings. The highest BCUT2D eigenvalue weighted by Gasteiger charge is 2.14. The third kappa shape index (κ3) is 3.11. The summed E-state index contributed by atoms with van der Waals surface area (Å²) >= 11 is 1.77. The average Bonchev–Trinajstić information content (AvgIpc) is 2.69. The lowest BCUT2D eigenvalue weighted by molar-refractivity contribution is 0.545. The van der Waals surface area contributed by atoms with E-state index in [4.69, 9.17) is 0 Å². The molecule has 0 saturated carbocycles. The van der Waals surface area contributed by atoms with Crippen LogP contribution in [0.4, 0.5) is 0 Å². The maximum atomic E-state index is 4.60. The Kier molecular flexibility index (Phi) is 4.38. The summed E-state index contributed by atoms with van der Waals surface area (Å²) in [4.78, 5) is 14.1. The van der Waals surface area contributed by atoms with Crippen molar-refractivity contribution in [3.05, 3.63) is 39.9 Å². The average molecular weight is 262 g/mol. The fraction of sp³-hybridized carbons (Fsp3) is 0.462. The molecular weight excluding hydrogens is 244 g/mol. The monoisotopic (exact) mass is 262 g/mol. The van der Waals surface area contributed by atoms with Gasteiger partial charge in [0.1, 0.15) is 6.33 Å². The Morgan fingerprint density at radius 1 is 1.28 bits per heavy atom. The number of hydrogen-bond acceptors (Lipinski definition) is 5. The first-order valence-electron chi connectivity index (χ1n) is 6.12. The molecule has 2 rings (SSSR count). The van der Waals surface area contributed by atoms with Gasteiger partial charge in [-0.2, -0.15) is 0 Å². The third-order valence-electron chi connectivity index (χ3n) is 2.89. The topological polar surface area (TPSA) is 50.7 Å². The van der Waals surface area contributed by atoms with Crippen molar-refractivity contribution in [2.24, 2.45) is 0 Å². The number of aromatic nitrogens is 3. The summed E-state index contributed by atoms with van der Waals surface area (Å²) in [6.07, 6.45) is 6.19. The Bertz CT molecular complexity index is 475. The number of hydrogen-bond donors (Lipinski definition) is 1. The van der Waals surface area contributed by atoms with E-state index in [9.17, 15) is 0 Å². The summed E-state index contributed by atoms with van der Waals surface area (Å²) in [7, 11) is 0. The molecule has 1 atom stereocenters.